The van der Waals surface area contributed by atoms with E-state index in [-0.39, 0.29) is 18.4 Å². The summed E-state index contributed by atoms with van der Waals surface area (Å²) in [5.74, 6) is -1.03. The molecule has 0 aromatic rings. The van der Waals surface area contributed by atoms with Crippen molar-refractivity contribution in [1.29, 1.82) is 0 Å². The summed E-state index contributed by atoms with van der Waals surface area (Å²) in [5, 5.41) is 12.2. The Labute approximate surface area is 125 Å². The van der Waals surface area contributed by atoms with Gasteiger partial charge in [0.1, 0.15) is 5.54 Å². The van der Waals surface area contributed by atoms with E-state index < -0.39 is 11.5 Å². The summed E-state index contributed by atoms with van der Waals surface area (Å²) in [6.45, 7) is 7.18. The SMILES string of the molecule is CCC(CC)(NCC(=O)N1CCN(C(C)=O)CC1)C(=O)O. The summed E-state index contributed by atoms with van der Waals surface area (Å²) in [5.41, 5.74) is -1.04. The van der Waals surface area contributed by atoms with E-state index in [0.29, 0.717) is 39.0 Å². The highest BCUT2D eigenvalue weighted by molar-refractivity contribution is 5.82. The summed E-state index contributed by atoms with van der Waals surface area (Å²) >= 11 is 0. The zero-order valence-electron chi connectivity index (χ0n) is 13.0. The molecule has 0 aromatic carbocycles. The molecular weight excluding hydrogens is 274 g/mol. The fraction of sp³-hybridized carbons (Fsp3) is 0.786. The topological polar surface area (TPSA) is 90.0 Å². The van der Waals surface area contributed by atoms with Crippen LogP contribution in [0.3, 0.4) is 0 Å². The van der Waals surface area contributed by atoms with Crippen LogP contribution in [-0.2, 0) is 14.4 Å². The monoisotopic (exact) mass is 299 g/mol. The maximum absolute atomic E-state index is 12.1. The number of piperazine rings is 1. The van der Waals surface area contributed by atoms with Crippen molar-refractivity contribution in [3.8, 4) is 0 Å². The minimum Gasteiger partial charge on any atom is -0.480 e. The maximum Gasteiger partial charge on any atom is 0.323 e. The first-order valence-corrected chi connectivity index (χ1v) is 7.38. The van der Waals surface area contributed by atoms with Crippen molar-refractivity contribution in [1.82, 2.24) is 15.1 Å². The normalized spacial score (nSPS) is 16.0. The molecule has 0 unspecified atom stereocenters. The zero-order chi connectivity index (χ0) is 16.0. The maximum atomic E-state index is 12.1. The summed E-state index contributed by atoms with van der Waals surface area (Å²) in [6, 6.07) is 0. The van der Waals surface area contributed by atoms with Crippen LogP contribution < -0.4 is 5.32 Å². The highest BCUT2D eigenvalue weighted by Crippen LogP contribution is 2.15. The van der Waals surface area contributed by atoms with Gasteiger partial charge in [-0.15, -0.1) is 0 Å². The van der Waals surface area contributed by atoms with Crippen LogP contribution in [0.4, 0.5) is 0 Å². The van der Waals surface area contributed by atoms with E-state index in [1.165, 1.54) is 6.92 Å². The van der Waals surface area contributed by atoms with Gasteiger partial charge < -0.3 is 14.9 Å². The van der Waals surface area contributed by atoms with E-state index in [2.05, 4.69) is 5.32 Å². The Morgan fingerprint density at radius 3 is 1.90 bits per heavy atom. The number of amides is 2. The molecular formula is C14H25N3O4. The fourth-order valence-corrected chi connectivity index (χ4v) is 2.51. The number of nitrogens with one attached hydrogen (secondary N) is 1. The minimum absolute atomic E-state index is 0.00799. The number of hydrogen-bond donors (Lipinski definition) is 2. The predicted molar refractivity (Wildman–Crippen MR) is 77.8 cm³/mol. The van der Waals surface area contributed by atoms with Crippen LogP contribution >= 0.6 is 0 Å². The Kier molecular flexibility index (Phi) is 6.14. The number of hydrogen-bond acceptors (Lipinski definition) is 4. The summed E-state index contributed by atoms with van der Waals surface area (Å²) < 4.78 is 0. The molecule has 1 aliphatic heterocycles. The first-order chi connectivity index (χ1) is 9.86. The molecule has 1 fully saturated rings. The van der Waals surface area contributed by atoms with Gasteiger partial charge >= 0.3 is 5.97 Å². The molecule has 0 aromatic heterocycles. The number of carboxylic acid groups (broad SMARTS) is 1. The van der Waals surface area contributed by atoms with Crippen LogP contribution in [0.25, 0.3) is 0 Å². The molecule has 2 N–H and O–H groups in total. The molecule has 120 valence electrons. The molecule has 0 radical (unpaired) electrons. The van der Waals surface area contributed by atoms with Gasteiger partial charge in [-0.25, -0.2) is 0 Å². The van der Waals surface area contributed by atoms with Gasteiger partial charge in [0.2, 0.25) is 11.8 Å². The third kappa shape index (κ3) is 4.17. The van der Waals surface area contributed by atoms with Gasteiger partial charge in [0.25, 0.3) is 0 Å². The lowest BCUT2D eigenvalue weighted by atomic mass is 9.93. The average Bonchev–Trinajstić information content (AvgIpc) is 2.48. The van der Waals surface area contributed by atoms with Gasteiger partial charge in [0.15, 0.2) is 0 Å². The molecule has 7 nitrogen and oxygen atoms in total. The molecule has 7 heteroatoms. The highest BCUT2D eigenvalue weighted by atomic mass is 16.4. The molecule has 1 rings (SSSR count). The number of carbonyl (C=O) groups is 3. The summed E-state index contributed by atoms with van der Waals surface area (Å²) in [4.78, 5) is 38.1. The molecule has 21 heavy (non-hydrogen) atoms. The van der Waals surface area contributed by atoms with Gasteiger partial charge in [-0.1, -0.05) is 13.8 Å². The smallest absolute Gasteiger partial charge is 0.323 e. The van der Waals surface area contributed by atoms with Crippen molar-refractivity contribution >= 4 is 17.8 Å². The van der Waals surface area contributed by atoms with Crippen LogP contribution in [0.15, 0.2) is 0 Å². The molecule has 0 bridgehead atoms. The fourth-order valence-electron chi connectivity index (χ4n) is 2.51. The molecule has 0 aliphatic carbocycles. The first kappa shape index (κ1) is 17.4. The second kappa shape index (κ2) is 7.40. The Balaban J connectivity index is 2.51. The molecule has 1 aliphatic rings. The van der Waals surface area contributed by atoms with E-state index in [1.54, 1.807) is 23.6 Å². The van der Waals surface area contributed by atoms with Crippen molar-refractivity contribution in [2.75, 3.05) is 32.7 Å². The van der Waals surface area contributed by atoms with Gasteiger partial charge in [-0.3, -0.25) is 19.7 Å². The Hall–Kier alpha value is -1.63. The summed E-state index contributed by atoms with van der Waals surface area (Å²) in [6.07, 6.45) is 0.842. The number of aliphatic carboxylic acids is 1. The lowest BCUT2D eigenvalue weighted by Gasteiger charge is -2.35. The first-order valence-electron chi connectivity index (χ1n) is 7.38. The number of rotatable bonds is 6. The van der Waals surface area contributed by atoms with E-state index in [4.69, 9.17) is 0 Å². The number of nitrogens with zero attached hydrogens (tertiary/aromatic N) is 2. The third-order valence-electron chi connectivity index (χ3n) is 4.27. The largest absolute Gasteiger partial charge is 0.480 e. The van der Waals surface area contributed by atoms with Crippen molar-refractivity contribution in [3.63, 3.8) is 0 Å². The Morgan fingerprint density at radius 2 is 1.52 bits per heavy atom. The van der Waals surface area contributed by atoms with E-state index in [0.717, 1.165) is 0 Å². The molecule has 1 heterocycles. The minimum atomic E-state index is -1.04. The van der Waals surface area contributed by atoms with Crippen molar-refractivity contribution in [2.45, 2.75) is 39.2 Å². The Morgan fingerprint density at radius 1 is 1.05 bits per heavy atom. The predicted octanol–water partition coefficient (Wildman–Crippen LogP) is -0.0899. The average molecular weight is 299 g/mol. The highest BCUT2D eigenvalue weighted by Gasteiger charge is 2.35. The van der Waals surface area contributed by atoms with Crippen LogP contribution in [0.5, 0.6) is 0 Å². The molecule has 0 spiro atoms. The van der Waals surface area contributed by atoms with Crippen molar-refractivity contribution < 1.29 is 19.5 Å². The van der Waals surface area contributed by atoms with E-state index in [1.807, 2.05) is 0 Å². The summed E-state index contributed by atoms with van der Waals surface area (Å²) in [7, 11) is 0. The van der Waals surface area contributed by atoms with Crippen molar-refractivity contribution in [2.24, 2.45) is 0 Å². The van der Waals surface area contributed by atoms with Crippen LogP contribution in [0.2, 0.25) is 0 Å². The third-order valence-corrected chi connectivity index (χ3v) is 4.27. The molecule has 0 saturated carbocycles. The van der Waals surface area contributed by atoms with Crippen LogP contribution in [0.1, 0.15) is 33.6 Å². The van der Waals surface area contributed by atoms with Crippen LogP contribution in [0, 0.1) is 0 Å². The molecule has 1 saturated heterocycles. The second-order valence-electron chi connectivity index (χ2n) is 5.33. The lowest BCUT2D eigenvalue weighted by Crippen LogP contribution is -2.56. The zero-order valence-corrected chi connectivity index (χ0v) is 13.0. The van der Waals surface area contributed by atoms with Gasteiger partial charge in [-0.05, 0) is 12.8 Å². The standard InChI is InChI=1S/C14H25N3O4/c1-4-14(5-2,13(20)21)15-10-12(19)17-8-6-16(7-9-17)11(3)18/h15H,4-10H2,1-3H3,(H,20,21). The van der Waals surface area contributed by atoms with Gasteiger partial charge in [-0.2, -0.15) is 0 Å². The van der Waals surface area contributed by atoms with Crippen molar-refractivity contribution in [3.05, 3.63) is 0 Å². The Bertz CT molecular complexity index is 399. The number of carbonyl (C=O) groups excluding carboxylic acids is 2. The second-order valence-corrected chi connectivity index (χ2v) is 5.33. The van der Waals surface area contributed by atoms with Gasteiger partial charge in [0.05, 0.1) is 6.54 Å². The van der Waals surface area contributed by atoms with Gasteiger partial charge in [0, 0.05) is 33.1 Å². The van der Waals surface area contributed by atoms with E-state index >= 15 is 0 Å². The number of carboxylic acids is 1. The van der Waals surface area contributed by atoms with E-state index in [9.17, 15) is 19.5 Å². The lowest BCUT2D eigenvalue weighted by molar-refractivity contribution is -0.146. The van der Waals surface area contributed by atoms with Crippen LogP contribution in [-0.4, -0.2) is 71.0 Å². The quantitative estimate of drug-likeness (QED) is 0.715. The molecule has 0 atom stereocenters. The molecule has 2 amide bonds.